The first kappa shape index (κ1) is 28.8. The van der Waals surface area contributed by atoms with Crippen LogP contribution in [0.5, 0.6) is 0 Å². The van der Waals surface area contributed by atoms with Crippen LogP contribution in [0, 0.1) is 5.82 Å². The van der Waals surface area contributed by atoms with Gasteiger partial charge in [0.25, 0.3) is 5.56 Å². The number of hydrogen-bond acceptors (Lipinski definition) is 5. The van der Waals surface area contributed by atoms with E-state index < -0.39 is 29.4 Å². The van der Waals surface area contributed by atoms with Gasteiger partial charge in [-0.2, -0.15) is 0 Å². The highest BCUT2D eigenvalue weighted by molar-refractivity contribution is 5.96. The number of nitrogens with zero attached hydrogens (tertiary/aromatic N) is 3. The first-order valence-electron chi connectivity index (χ1n) is 12.1. The van der Waals surface area contributed by atoms with Crippen molar-refractivity contribution in [3.63, 3.8) is 0 Å². The van der Waals surface area contributed by atoms with Crippen LogP contribution in [0.25, 0.3) is 17.0 Å². The summed E-state index contributed by atoms with van der Waals surface area (Å²) in [5.41, 5.74) is 2.04. The van der Waals surface area contributed by atoms with Crippen molar-refractivity contribution in [2.45, 2.75) is 39.3 Å². The number of H-pyrrole nitrogens is 1. The standard InChI is InChI=1S/C27H31FN6O5/c1-16(2)12-22-24-18(19(28)14-29-22)13-17(30-24)15-34-11-7-9-21(26(34)37)31-25(36)20(32-27(38)39)8-5-6-10-23(35)33(3)4/h6-7,9-14,20,30,32H,5,8,15H2,1-4H3,(H,31,36)(H,38,39)/b10-6+. The summed E-state index contributed by atoms with van der Waals surface area (Å²) >= 11 is 0. The number of carbonyl (C=O) groups excluding carboxylic acids is 2. The van der Waals surface area contributed by atoms with Crippen LogP contribution in [-0.4, -0.2) is 62.6 Å². The van der Waals surface area contributed by atoms with Gasteiger partial charge in [-0.25, -0.2) is 9.18 Å². The van der Waals surface area contributed by atoms with E-state index in [1.807, 2.05) is 19.9 Å². The van der Waals surface area contributed by atoms with Crippen LogP contribution in [0.4, 0.5) is 14.9 Å². The molecule has 0 aliphatic rings. The summed E-state index contributed by atoms with van der Waals surface area (Å²) in [4.78, 5) is 57.5. The number of halogens is 1. The van der Waals surface area contributed by atoms with E-state index in [9.17, 15) is 23.6 Å². The van der Waals surface area contributed by atoms with Gasteiger partial charge in [0.2, 0.25) is 11.8 Å². The molecule has 39 heavy (non-hydrogen) atoms. The second-order valence-electron chi connectivity index (χ2n) is 9.35. The van der Waals surface area contributed by atoms with E-state index in [4.69, 9.17) is 5.11 Å². The van der Waals surface area contributed by atoms with Gasteiger partial charge in [-0.05, 0) is 57.0 Å². The molecule has 206 valence electrons. The smallest absolute Gasteiger partial charge is 0.405 e. The summed E-state index contributed by atoms with van der Waals surface area (Å²) in [6.07, 6.45) is 6.28. The predicted octanol–water partition coefficient (Wildman–Crippen LogP) is 3.33. The Morgan fingerprint density at radius 3 is 2.69 bits per heavy atom. The van der Waals surface area contributed by atoms with Crippen molar-refractivity contribution in [3.8, 4) is 0 Å². The molecule has 3 aromatic rings. The molecular formula is C27H31FN6O5. The fraction of sp³-hybridized carbons (Fsp3) is 0.296. The number of anilines is 1. The molecule has 3 amide bonds. The largest absolute Gasteiger partial charge is 0.465 e. The Hall–Kier alpha value is -4.74. The van der Waals surface area contributed by atoms with Crippen molar-refractivity contribution < 1.29 is 23.9 Å². The number of allylic oxidation sites excluding steroid dienone is 2. The van der Waals surface area contributed by atoms with Gasteiger partial charge in [0.1, 0.15) is 11.7 Å². The number of aromatic nitrogens is 3. The van der Waals surface area contributed by atoms with Crippen LogP contribution in [0.15, 0.2) is 53.1 Å². The van der Waals surface area contributed by atoms with E-state index in [1.165, 1.54) is 27.8 Å². The zero-order valence-electron chi connectivity index (χ0n) is 22.1. The molecule has 0 aliphatic carbocycles. The highest BCUT2D eigenvalue weighted by atomic mass is 19.1. The third-order valence-corrected chi connectivity index (χ3v) is 5.69. The number of carboxylic acid groups (broad SMARTS) is 1. The van der Waals surface area contributed by atoms with Crippen molar-refractivity contribution in [2.24, 2.45) is 0 Å². The highest BCUT2D eigenvalue weighted by Gasteiger charge is 2.21. The number of fused-ring (bicyclic) bond motifs is 1. The lowest BCUT2D eigenvalue weighted by molar-refractivity contribution is -0.123. The van der Waals surface area contributed by atoms with Crippen LogP contribution in [0.1, 0.15) is 38.1 Å². The summed E-state index contributed by atoms with van der Waals surface area (Å²) in [6, 6.07) is 3.41. The van der Waals surface area contributed by atoms with Crippen LogP contribution >= 0.6 is 0 Å². The molecule has 0 radical (unpaired) electrons. The van der Waals surface area contributed by atoms with Gasteiger partial charge in [0.15, 0.2) is 5.82 Å². The maximum atomic E-state index is 14.4. The zero-order valence-corrected chi connectivity index (χ0v) is 22.1. The van der Waals surface area contributed by atoms with Crippen molar-refractivity contribution in [2.75, 3.05) is 19.4 Å². The summed E-state index contributed by atoms with van der Waals surface area (Å²) in [5, 5.41) is 14.1. The van der Waals surface area contributed by atoms with E-state index in [0.717, 1.165) is 11.8 Å². The first-order valence-corrected chi connectivity index (χ1v) is 12.1. The van der Waals surface area contributed by atoms with E-state index in [2.05, 4.69) is 20.6 Å². The van der Waals surface area contributed by atoms with Gasteiger partial charge in [-0.15, -0.1) is 0 Å². The van der Waals surface area contributed by atoms with Crippen molar-refractivity contribution >= 4 is 40.6 Å². The van der Waals surface area contributed by atoms with Crippen molar-refractivity contribution in [3.05, 3.63) is 75.9 Å². The molecule has 3 heterocycles. The molecule has 3 aromatic heterocycles. The highest BCUT2D eigenvalue weighted by Crippen LogP contribution is 2.23. The average Bonchev–Trinajstić information content (AvgIpc) is 3.29. The molecule has 0 spiro atoms. The summed E-state index contributed by atoms with van der Waals surface area (Å²) in [5.74, 6) is -1.46. The fourth-order valence-electron chi connectivity index (χ4n) is 3.80. The second kappa shape index (κ2) is 12.7. The minimum Gasteiger partial charge on any atom is -0.465 e. The monoisotopic (exact) mass is 538 g/mol. The van der Waals surface area contributed by atoms with Crippen LogP contribution < -0.4 is 16.2 Å². The summed E-state index contributed by atoms with van der Waals surface area (Å²) in [6.45, 7) is 3.87. The molecule has 12 heteroatoms. The summed E-state index contributed by atoms with van der Waals surface area (Å²) < 4.78 is 15.7. The van der Waals surface area contributed by atoms with Gasteiger partial charge in [-0.3, -0.25) is 19.4 Å². The van der Waals surface area contributed by atoms with Gasteiger partial charge in [0.05, 0.1) is 24.0 Å². The number of nitrogens with one attached hydrogen (secondary N) is 3. The molecule has 0 aliphatic heterocycles. The minimum absolute atomic E-state index is 0.0489. The Balaban J connectivity index is 1.79. The maximum Gasteiger partial charge on any atom is 0.405 e. The Kier molecular flexibility index (Phi) is 9.37. The fourth-order valence-corrected chi connectivity index (χ4v) is 3.80. The number of rotatable bonds is 10. The third kappa shape index (κ3) is 7.63. The Morgan fingerprint density at radius 2 is 2.03 bits per heavy atom. The third-order valence-electron chi connectivity index (χ3n) is 5.69. The number of amides is 3. The SMILES string of the molecule is CC(C)=Cc1ncc(F)c2cc(Cn3cccc(NC(=O)C(CC/C=C/C(=O)N(C)C)NC(=O)O)c3=O)[nH]c12. The molecule has 3 rings (SSSR count). The Morgan fingerprint density at radius 1 is 1.28 bits per heavy atom. The van der Waals surface area contributed by atoms with Gasteiger partial charge in [-0.1, -0.05) is 11.6 Å². The van der Waals surface area contributed by atoms with Crippen LogP contribution in [0.3, 0.4) is 0 Å². The van der Waals surface area contributed by atoms with E-state index in [1.54, 1.807) is 32.3 Å². The molecular weight excluding hydrogens is 507 g/mol. The topological polar surface area (TPSA) is 149 Å². The van der Waals surface area contributed by atoms with Crippen LogP contribution in [0.2, 0.25) is 0 Å². The molecule has 0 bridgehead atoms. The molecule has 11 nitrogen and oxygen atoms in total. The van der Waals surface area contributed by atoms with Crippen molar-refractivity contribution in [1.82, 2.24) is 24.8 Å². The number of aromatic amines is 1. The van der Waals surface area contributed by atoms with Gasteiger partial charge < -0.3 is 30.2 Å². The lowest BCUT2D eigenvalue weighted by Gasteiger charge is -2.16. The van der Waals surface area contributed by atoms with E-state index in [-0.39, 0.29) is 31.0 Å². The Labute approximate surface area is 224 Å². The minimum atomic E-state index is -1.40. The van der Waals surface area contributed by atoms with Gasteiger partial charge >= 0.3 is 6.09 Å². The molecule has 0 saturated heterocycles. The molecule has 1 atom stereocenters. The number of pyridine rings is 2. The zero-order chi connectivity index (χ0) is 28.7. The van der Waals surface area contributed by atoms with Crippen molar-refractivity contribution in [1.29, 1.82) is 0 Å². The number of hydrogen-bond donors (Lipinski definition) is 4. The van der Waals surface area contributed by atoms with Gasteiger partial charge in [0, 0.05) is 31.4 Å². The summed E-state index contributed by atoms with van der Waals surface area (Å²) in [7, 11) is 3.19. The quantitative estimate of drug-likeness (QED) is 0.291. The number of likely N-dealkylation sites (N-methyl/N-ethyl adjacent to an activating group) is 1. The van der Waals surface area contributed by atoms with E-state index in [0.29, 0.717) is 22.3 Å². The lowest BCUT2D eigenvalue weighted by Crippen LogP contribution is -2.44. The first-order chi connectivity index (χ1) is 18.5. The molecule has 4 N–H and O–H groups in total. The Bertz CT molecular complexity index is 1500. The average molecular weight is 539 g/mol. The maximum absolute atomic E-state index is 14.4. The predicted molar refractivity (Wildman–Crippen MR) is 146 cm³/mol. The molecule has 1 unspecified atom stereocenters. The normalized spacial score (nSPS) is 11.8. The molecule has 0 fully saturated rings. The second-order valence-corrected chi connectivity index (χ2v) is 9.35. The number of carbonyl (C=O) groups is 3. The molecule has 0 aromatic carbocycles. The molecule has 0 saturated carbocycles. The van der Waals surface area contributed by atoms with Crippen LogP contribution in [-0.2, 0) is 16.1 Å². The van der Waals surface area contributed by atoms with E-state index >= 15 is 0 Å². The lowest BCUT2D eigenvalue weighted by atomic mass is 10.1.